The number of hydrogen-bond acceptors (Lipinski definition) is 6. The summed E-state index contributed by atoms with van der Waals surface area (Å²) in [6, 6.07) is 25.2. The average Bonchev–Trinajstić information content (AvgIpc) is 3.48. The van der Waals surface area contributed by atoms with Crippen LogP contribution in [-0.2, 0) is 0 Å². The summed E-state index contributed by atoms with van der Waals surface area (Å²) in [6.45, 7) is 7.80. The van der Waals surface area contributed by atoms with Gasteiger partial charge >= 0.3 is 5.91 Å². The predicted molar refractivity (Wildman–Crippen MR) is 157 cm³/mol. The molecule has 4 rings (SSSR count). The van der Waals surface area contributed by atoms with Crippen molar-refractivity contribution in [3.63, 3.8) is 0 Å². The van der Waals surface area contributed by atoms with Crippen molar-refractivity contribution in [1.29, 1.82) is 0 Å². The Hall–Kier alpha value is -3.52. The molecule has 6 nitrogen and oxygen atoms in total. The number of nitrogens with zero attached hydrogens (tertiary/aromatic N) is 3. The topological polar surface area (TPSA) is 51.7 Å². The summed E-state index contributed by atoms with van der Waals surface area (Å²) in [5.74, 6) is 1.44. The smallest absolute Gasteiger partial charge is 0.357 e. The molecule has 0 saturated carbocycles. The number of hydrogen-bond donors (Lipinski definition) is 0. The van der Waals surface area contributed by atoms with Crippen LogP contribution < -0.4 is 14.0 Å². The van der Waals surface area contributed by atoms with Crippen LogP contribution in [0.1, 0.15) is 30.6 Å². The van der Waals surface area contributed by atoms with Crippen LogP contribution in [0.25, 0.3) is 11.3 Å². The monoisotopic (exact) mass is 530 g/mol. The summed E-state index contributed by atoms with van der Waals surface area (Å²) in [6.07, 6.45) is 0.840. The van der Waals surface area contributed by atoms with Crippen LogP contribution in [0.4, 0.5) is 10.8 Å². The molecule has 198 valence electrons. The Morgan fingerprint density at radius 2 is 1.61 bits per heavy atom. The molecule has 4 aromatic rings. The second kappa shape index (κ2) is 12.8. The highest BCUT2D eigenvalue weighted by Gasteiger charge is 2.45. The zero-order valence-electron chi connectivity index (χ0n) is 22.6. The standard InChI is InChI=1S/C31H36N3O3S/c1-5-33(6-2)20-13-21-34(25-16-11-8-12-17-25,30(35)24-14-9-7-10-15-24)31-32-28(23-38-31)27-22-26(36-3)18-19-29(27)37-4/h7-12,14-19,22-23H,5-6,13,20-21H2,1-4H3/q+1. The van der Waals surface area contributed by atoms with Crippen molar-refractivity contribution >= 4 is 28.1 Å². The van der Waals surface area contributed by atoms with Crippen LogP contribution in [0.15, 0.2) is 84.2 Å². The molecule has 0 radical (unpaired) electrons. The number of amides is 1. The first-order chi connectivity index (χ1) is 18.6. The molecule has 1 unspecified atom stereocenters. The summed E-state index contributed by atoms with van der Waals surface area (Å²) in [7, 11) is 3.29. The summed E-state index contributed by atoms with van der Waals surface area (Å²) >= 11 is 1.50. The SMILES string of the molecule is CCN(CC)CCC[N+](C(=O)c1ccccc1)(c1ccccc1)c1nc(-c2cc(OC)ccc2OC)cs1. The molecule has 1 aromatic heterocycles. The maximum atomic E-state index is 14.5. The lowest BCUT2D eigenvalue weighted by molar-refractivity contribution is 0.0829. The Labute approximate surface area is 229 Å². The molecule has 0 saturated heterocycles. The Kier molecular flexibility index (Phi) is 9.29. The van der Waals surface area contributed by atoms with Gasteiger partial charge < -0.3 is 14.4 Å². The van der Waals surface area contributed by atoms with Crippen LogP contribution in [0.2, 0.25) is 0 Å². The zero-order chi connectivity index (χ0) is 27.0. The number of rotatable bonds is 12. The molecular formula is C31H36N3O3S+. The lowest BCUT2D eigenvalue weighted by Gasteiger charge is -2.33. The number of thiazole rings is 1. The van der Waals surface area contributed by atoms with Gasteiger partial charge in [-0.1, -0.05) is 61.6 Å². The Balaban J connectivity index is 1.88. The molecule has 1 amide bonds. The third-order valence-electron chi connectivity index (χ3n) is 6.93. The van der Waals surface area contributed by atoms with E-state index in [0.29, 0.717) is 17.9 Å². The van der Waals surface area contributed by atoms with Crippen molar-refractivity contribution in [1.82, 2.24) is 14.4 Å². The van der Waals surface area contributed by atoms with Crippen LogP contribution >= 0.6 is 11.3 Å². The zero-order valence-corrected chi connectivity index (χ0v) is 23.4. The number of benzene rings is 3. The van der Waals surface area contributed by atoms with Crippen molar-refractivity contribution in [2.45, 2.75) is 20.3 Å². The van der Waals surface area contributed by atoms with Crippen LogP contribution in [0, 0.1) is 0 Å². The molecular weight excluding hydrogens is 494 g/mol. The number of para-hydroxylation sites is 1. The highest BCUT2D eigenvalue weighted by atomic mass is 32.1. The molecule has 0 spiro atoms. The van der Waals surface area contributed by atoms with E-state index in [4.69, 9.17) is 14.5 Å². The van der Waals surface area contributed by atoms with Crippen LogP contribution in [0.3, 0.4) is 0 Å². The normalized spacial score (nSPS) is 12.8. The van der Waals surface area contributed by atoms with Gasteiger partial charge in [0.05, 0.1) is 32.0 Å². The lowest BCUT2D eigenvalue weighted by Crippen LogP contribution is -2.51. The van der Waals surface area contributed by atoms with Gasteiger partial charge in [-0.15, -0.1) is 0 Å². The third kappa shape index (κ3) is 5.65. The molecule has 7 heteroatoms. The van der Waals surface area contributed by atoms with E-state index in [2.05, 4.69) is 18.7 Å². The van der Waals surface area contributed by atoms with E-state index in [9.17, 15) is 4.79 Å². The molecule has 38 heavy (non-hydrogen) atoms. The molecule has 0 bridgehead atoms. The molecule has 0 aliphatic rings. The third-order valence-corrected chi connectivity index (χ3v) is 7.88. The minimum Gasteiger partial charge on any atom is -0.497 e. The lowest BCUT2D eigenvalue weighted by atomic mass is 10.1. The second-order valence-corrected chi connectivity index (χ2v) is 9.84. The van der Waals surface area contributed by atoms with E-state index in [1.165, 1.54) is 11.3 Å². The molecule has 0 fully saturated rings. The van der Waals surface area contributed by atoms with Gasteiger partial charge in [-0.05, 0) is 43.4 Å². The molecule has 1 atom stereocenters. The fourth-order valence-electron chi connectivity index (χ4n) is 4.77. The van der Waals surface area contributed by atoms with Gasteiger partial charge in [0, 0.05) is 36.0 Å². The minimum absolute atomic E-state index is 0.00912. The number of quaternary nitrogens is 1. The van der Waals surface area contributed by atoms with Gasteiger partial charge in [-0.3, -0.25) is 0 Å². The Morgan fingerprint density at radius 3 is 2.24 bits per heavy atom. The first-order valence-electron chi connectivity index (χ1n) is 13.0. The summed E-state index contributed by atoms with van der Waals surface area (Å²) in [4.78, 5) is 22.0. The number of carbonyl (C=O) groups is 1. The van der Waals surface area contributed by atoms with Crippen LogP contribution in [0.5, 0.6) is 11.5 Å². The molecule has 0 aliphatic carbocycles. The first kappa shape index (κ1) is 27.5. The number of ether oxygens (including phenoxy) is 2. The summed E-state index contributed by atoms with van der Waals surface area (Å²) < 4.78 is 11.1. The highest BCUT2D eigenvalue weighted by Crippen LogP contribution is 2.43. The number of carbonyl (C=O) groups excluding carboxylic acids is 1. The quantitative estimate of drug-likeness (QED) is 0.184. The number of aromatic nitrogens is 1. The fraction of sp³-hybridized carbons (Fsp3) is 0.290. The molecule has 1 heterocycles. The van der Waals surface area contributed by atoms with Gasteiger partial charge in [-0.25, -0.2) is 4.79 Å². The van der Waals surface area contributed by atoms with Crippen molar-refractivity contribution in [3.8, 4) is 22.8 Å². The maximum absolute atomic E-state index is 14.5. The van der Waals surface area contributed by atoms with Crippen molar-refractivity contribution in [2.24, 2.45) is 0 Å². The number of methoxy groups -OCH3 is 2. The maximum Gasteiger partial charge on any atom is 0.357 e. The van der Waals surface area contributed by atoms with Gasteiger partial charge in [0.2, 0.25) is 0 Å². The van der Waals surface area contributed by atoms with Gasteiger partial charge in [0.1, 0.15) is 17.2 Å². The fourth-order valence-corrected chi connectivity index (χ4v) is 5.78. The van der Waals surface area contributed by atoms with E-state index in [0.717, 1.165) is 53.9 Å². The van der Waals surface area contributed by atoms with Gasteiger partial charge in [0.15, 0.2) is 0 Å². The van der Waals surface area contributed by atoms with Crippen molar-refractivity contribution < 1.29 is 14.3 Å². The largest absolute Gasteiger partial charge is 0.497 e. The van der Waals surface area contributed by atoms with Crippen molar-refractivity contribution in [2.75, 3.05) is 40.4 Å². The van der Waals surface area contributed by atoms with Gasteiger partial charge in [0.25, 0.3) is 5.13 Å². The molecule has 0 N–H and O–H groups in total. The van der Waals surface area contributed by atoms with E-state index >= 15 is 0 Å². The first-order valence-corrected chi connectivity index (χ1v) is 13.9. The van der Waals surface area contributed by atoms with Gasteiger partial charge in [-0.2, -0.15) is 9.47 Å². The van der Waals surface area contributed by atoms with Crippen LogP contribution in [-0.4, -0.2) is 56.2 Å². The van der Waals surface area contributed by atoms with Crippen molar-refractivity contribution in [3.05, 3.63) is 89.8 Å². The minimum atomic E-state index is 0.00912. The summed E-state index contributed by atoms with van der Waals surface area (Å²) in [5.41, 5.74) is 3.15. The second-order valence-electron chi connectivity index (χ2n) is 9.00. The van der Waals surface area contributed by atoms with E-state index in [1.807, 2.05) is 84.2 Å². The van der Waals surface area contributed by atoms with E-state index < -0.39 is 0 Å². The predicted octanol–water partition coefficient (Wildman–Crippen LogP) is 7.04. The Morgan fingerprint density at radius 1 is 0.921 bits per heavy atom. The van der Waals surface area contributed by atoms with E-state index in [1.54, 1.807) is 14.2 Å². The molecule has 3 aromatic carbocycles. The summed E-state index contributed by atoms with van der Waals surface area (Å²) in [5, 5.41) is 2.73. The average molecular weight is 531 g/mol. The Bertz CT molecular complexity index is 1320. The molecule has 0 aliphatic heterocycles. The van der Waals surface area contributed by atoms with E-state index in [-0.39, 0.29) is 10.4 Å². The highest BCUT2D eigenvalue weighted by molar-refractivity contribution is 7.14.